The van der Waals surface area contributed by atoms with Crippen molar-refractivity contribution in [2.45, 2.75) is 30.7 Å². The van der Waals surface area contributed by atoms with Crippen LogP contribution < -0.4 is 4.80 Å². The third-order valence-corrected chi connectivity index (χ3v) is 8.27. The Morgan fingerprint density at radius 2 is 1.69 bits per heavy atom. The maximum atomic E-state index is 12.8. The van der Waals surface area contributed by atoms with Crippen LogP contribution >= 0.6 is 39.9 Å². The van der Waals surface area contributed by atoms with Crippen LogP contribution in [0.2, 0.25) is 5.02 Å². The Hall–Kier alpha value is -1.49. The highest BCUT2D eigenvalue weighted by Gasteiger charge is 2.27. The number of hydrogen-bond acceptors (Lipinski definition) is 5. The van der Waals surface area contributed by atoms with Crippen molar-refractivity contribution in [1.82, 2.24) is 8.87 Å². The second-order valence-corrected chi connectivity index (χ2v) is 10.6. The SMILES string of the molecule is Br.O=S(=O)(c1ccc(-c2csc(=Nc3ccc(Cl)cc3)n2CCCO)cc1)N1CCCC1. The van der Waals surface area contributed by atoms with Crippen LogP contribution in [0.15, 0.2) is 63.8 Å². The third kappa shape index (κ3) is 5.52. The summed E-state index contributed by atoms with van der Waals surface area (Å²) in [6, 6.07) is 14.3. The predicted octanol–water partition coefficient (Wildman–Crippen LogP) is 4.85. The zero-order valence-corrected chi connectivity index (χ0v) is 21.5. The number of aliphatic hydroxyl groups excluding tert-OH is 1. The fourth-order valence-electron chi connectivity index (χ4n) is 3.60. The summed E-state index contributed by atoms with van der Waals surface area (Å²) in [7, 11) is -3.43. The summed E-state index contributed by atoms with van der Waals surface area (Å²) in [5.41, 5.74) is 2.64. The van der Waals surface area contributed by atoms with Crippen LogP contribution in [0.4, 0.5) is 5.69 Å². The number of halogens is 2. The lowest BCUT2D eigenvalue weighted by molar-refractivity contribution is 0.279. The number of nitrogens with zero attached hydrogens (tertiary/aromatic N) is 3. The molecule has 0 aliphatic carbocycles. The van der Waals surface area contributed by atoms with E-state index in [0.717, 1.165) is 34.6 Å². The molecule has 172 valence electrons. The standard InChI is InChI=1S/C22H24ClN3O3S2.BrH/c23-18-6-8-19(9-7-18)24-22-26(14-3-15-27)21(16-30-22)17-4-10-20(11-5-17)31(28,29)25-12-1-2-13-25;/h4-11,16,27H,1-3,12-15H2;1H. The number of aliphatic hydroxyl groups is 1. The Morgan fingerprint density at radius 3 is 2.31 bits per heavy atom. The van der Waals surface area contributed by atoms with Gasteiger partial charge in [0.25, 0.3) is 0 Å². The van der Waals surface area contributed by atoms with E-state index in [4.69, 9.17) is 16.6 Å². The van der Waals surface area contributed by atoms with Gasteiger partial charge in [0.2, 0.25) is 10.0 Å². The molecule has 0 amide bonds. The maximum absolute atomic E-state index is 12.8. The highest BCUT2D eigenvalue weighted by Crippen LogP contribution is 2.26. The van der Waals surface area contributed by atoms with Crippen molar-refractivity contribution in [3.05, 3.63) is 63.7 Å². The molecule has 0 saturated carbocycles. The van der Waals surface area contributed by atoms with E-state index >= 15 is 0 Å². The van der Waals surface area contributed by atoms with Crippen molar-refractivity contribution < 1.29 is 13.5 Å². The van der Waals surface area contributed by atoms with Crippen LogP contribution in [0.3, 0.4) is 0 Å². The molecule has 0 spiro atoms. The first kappa shape index (κ1) is 25.1. The van der Waals surface area contributed by atoms with E-state index in [1.165, 1.54) is 11.3 Å². The minimum absolute atomic E-state index is 0. The van der Waals surface area contributed by atoms with E-state index in [1.54, 1.807) is 28.6 Å². The van der Waals surface area contributed by atoms with Gasteiger partial charge in [-0.1, -0.05) is 23.7 Å². The van der Waals surface area contributed by atoms with Gasteiger partial charge in [0.05, 0.1) is 16.3 Å². The van der Waals surface area contributed by atoms with E-state index in [0.29, 0.717) is 36.0 Å². The minimum Gasteiger partial charge on any atom is -0.396 e. The van der Waals surface area contributed by atoms with Crippen molar-refractivity contribution in [1.29, 1.82) is 0 Å². The van der Waals surface area contributed by atoms with Crippen molar-refractivity contribution >= 4 is 55.6 Å². The number of benzene rings is 2. The van der Waals surface area contributed by atoms with Gasteiger partial charge in [-0.2, -0.15) is 4.31 Å². The van der Waals surface area contributed by atoms with Gasteiger partial charge >= 0.3 is 0 Å². The molecule has 1 aromatic heterocycles. The second kappa shape index (κ2) is 11.1. The largest absolute Gasteiger partial charge is 0.396 e. The molecule has 4 rings (SSSR count). The predicted molar refractivity (Wildman–Crippen MR) is 134 cm³/mol. The molecular formula is C22H25BrClN3O3S2. The molecule has 2 heterocycles. The van der Waals surface area contributed by atoms with Gasteiger partial charge in [0.1, 0.15) is 0 Å². The van der Waals surface area contributed by atoms with E-state index in [1.807, 2.05) is 29.6 Å². The molecule has 1 aliphatic heterocycles. The third-order valence-electron chi connectivity index (χ3n) is 5.24. The van der Waals surface area contributed by atoms with E-state index < -0.39 is 10.0 Å². The van der Waals surface area contributed by atoms with E-state index in [-0.39, 0.29) is 23.6 Å². The van der Waals surface area contributed by atoms with E-state index in [2.05, 4.69) is 4.57 Å². The summed E-state index contributed by atoms with van der Waals surface area (Å²) >= 11 is 7.47. The number of hydrogen-bond donors (Lipinski definition) is 1. The molecule has 3 aromatic rings. The first-order valence-corrected chi connectivity index (χ1v) is 12.9. The van der Waals surface area contributed by atoms with Crippen LogP contribution in [-0.4, -0.2) is 42.1 Å². The van der Waals surface area contributed by atoms with Crippen molar-refractivity contribution in [2.75, 3.05) is 19.7 Å². The quantitative estimate of drug-likeness (QED) is 0.451. The first-order chi connectivity index (χ1) is 15.0. The average molecular weight is 559 g/mol. The van der Waals surface area contributed by atoms with Gasteiger partial charge < -0.3 is 9.67 Å². The Bertz CT molecular complexity index is 1200. The molecule has 0 unspecified atom stereocenters. The molecule has 2 aromatic carbocycles. The Morgan fingerprint density at radius 1 is 1.03 bits per heavy atom. The fourth-order valence-corrected chi connectivity index (χ4v) is 6.19. The van der Waals surface area contributed by atoms with Crippen LogP contribution in [0.1, 0.15) is 19.3 Å². The second-order valence-electron chi connectivity index (χ2n) is 7.36. The van der Waals surface area contributed by atoms with Crippen LogP contribution in [-0.2, 0) is 16.6 Å². The van der Waals surface area contributed by atoms with Gasteiger partial charge in [0.15, 0.2) is 4.80 Å². The number of aromatic nitrogens is 1. The lowest BCUT2D eigenvalue weighted by Gasteiger charge is -2.16. The monoisotopic (exact) mass is 557 g/mol. The lowest BCUT2D eigenvalue weighted by Crippen LogP contribution is -2.27. The van der Waals surface area contributed by atoms with E-state index in [9.17, 15) is 13.5 Å². The van der Waals surface area contributed by atoms with Gasteiger partial charge in [-0.3, -0.25) is 0 Å². The highest BCUT2D eigenvalue weighted by molar-refractivity contribution is 8.93. The lowest BCUT2D eigenvalue weighted by atomic mass is 10.2. The molecule has 0 atom stereocenters. The highest BCUT2D eigenvalue weighted by atomic mass is 79.9. The molecule has 1 N–H and O–H groups in total. The normalized spacial score (nSPS) is 15.1. The number of thiazole rings is 1. The molecule has 1 fully saturated rings. The van der Waals surface area contributed by atoms with Crippen molar-refractivity contribution in [3.63, 3.8) is 0 Å². The number of sulfonamides is 1. The first-order valence-electron chi connectivity index (χ1n) is 10.2. The summed E-state index contributed by atoms with van der Waals surface area (Å²) in [5, 5.41) is 12.0. The molecular weight excluding hydrogens is 534 g/mol. The van der Waals surface area contributed by atoms with Crippen LogP contribution in [0.25, 0.3) is 11.3 Å². The summed E-state index contributed by atoms with van der Waals surface area (Å²) in [4.78, 5) is 5.85. The Labute approximate surface area is 207 Å². The Kier molecular flexibility index (Phi) is 8.71. The fraction of sp³-hybridized carbons (Fsp3) is 0.318. The zero-order chi connectivity index (χ0) is 21.8. The van der Waals surface area contributed by atoms with Crippen LogP contribution in [0.5, 0.6) is 0 Å². The average Bonchev–Trinajstić information content (AvgIpc) is 3.45. The molecule has 1 saturated heterocycles. The summed E-state index contributed by atoms with van der Waals surface area (Å²) in [6.45, 7) is 1.86. The number of rotatable bonds is 7. The maximum Gasteiger partial charge on any atom is 0.243 e. The van der Waals surface area contributed by atoms with Gasteiger partial charge in [-0.25, -0.2) is 13.4 Å². The van der Waals surface area contributed by atoms with Gasteiger partial charge in [0, 0.05) is 36.6 Å². The molecule has 32 heavy (non-hydrogen) atoms. The molecule has 0 bridgehead atoms. The molecule has 1 aliphatic rings. The molecule has 6 nitrogen and oxygen atoms in total. The van der Waals surface area contributed by atoms with Crippen LogP contribution in [0, 0.1) is 0 Å². The summed E-state index contributed by atoms with van der Waals surface area (Å²) in [5.74, 6) is 0. The molecule has 10 heteroatoms. The summed E-state index contributed by atoms with van der Waals surface area (Å²) < 4.78 is 29.2. The minimum atomic E-state index is -3.43. The van der Waals surface area contributed by atoms with Crippen molar-refractivity contribution in [3.8, 4) is 11.3 Å². The topological polar surface area (TPSA) is 74.9 Å². The smallest absolute Gasteiger partial charge is 0.243 e. The summed E-state index contributed by atoms with van der Waals surface area (Å²) in [6.07, 6.45) is 2.42. The van der Waals surface area contributed by atoms with Crippen molar-refractivity contribution in [2.24, 2.45) is 4.99 Å². The van der Waals surface area contributed by atoms with Gasteiger partial charge in [-0.15, -0.1) is 28.3 Å². The Balaban J connectivity index is 0.00000289. The molecule has 0 radical (unpaired) electrons. The zero-order valence-electron chi connectivity index (χ0n) is 17.4. The van der Waals surface area contributed by atoms with Gasteiger partial charge in [-0.05, 0) is 61.2 Å².